The lowest BCUT2D eigenvalue weighted by atomic mass is 10.0. The Morgan fingerprint density at radius 3 is 2.45 bits per heavy atom. The quantitative estimate of drug-likeness (QED) is 0.449. The molecule has 1 nitrogen and oxygen atoms in total. The molecule has 0 atom stereocenters. The Labute approximate surface area is 121 Å². The molecule has 0 aromatic heterocycles. The summed E-state index contributed by atoms with van der Waals surface area (Å²) in [7, 11) is 0. The van der Waals surface area contributed by atoms with Gasteiger partial charge in [0, 0.05) is 6.54 Å². The standard InChI is InChI=1S/C19H21N/c1-2-15-20-16-14-19-11-7-6-10-18(19)13-12-17-8-4-3-5-9-17/h2-13,20H,1,14-16H2/b13-12+. The summed E-state index contributed by atoms with van der Waals surface area (Å²) in [5.41, 5.74) is 3.89. The molecular formula is C19H21N. The van der Waals surface area contributed by atoms with Crippen LogP contribution in [-0.4, -0.2) is 13.1 Å². The van der Waals surface area contributed by atoms with Gasteiger partial charge in [-0.2, -0.15) is 0 Å². The third-order valence-corrected chi connectivity index (χ3v) is 3.17. The van der Waals surface area contributed by atoms with Crippen LogP contribution in [0.2, 0.25) is 0 Å². The van der Waals surface area contributed by atoms with Crippen molar-refractivity contribution in [3.63, 3.8) is 0 Å². The van der Waals surface area contributed by atoms with Crippen molar-refractivity contribution in [1.82, 2.24) is 5.32 Å². The van der Waals surface area contributed by atoms with E-state index in [0.29, 0.717) is 0 Å². The van der Waals surface area contributed by atoms with Gasteiger partial charge in [-0.1, -0.05) is 72.8 Å². The van der Waals surface area contributed by atoms with E-state index < -0.39 is 0 Å². The van der Waals surface area contributed by atoms with Crippen LogP contribution in [0, 0.1) is 0 Å². The second-order valence-electron chi connectivity index (χ2n) is 4.69. The predicted molar refractivity (Wildman–Crippen MR) is 88.6 cm³/mol. The normalized spacial score (nSPS) is 10.8. The fraction of sp³-hybridized carbons (Fsp3) is 0.158. The Hall–Kier alpha value is -2.12. The van der Waals surface area contributed by atoms with E-state index in [1.165, 1.54) is 16.7 Å². The molecule has 0 amide bonds. The van der Waals surface area contributed by atoms with Crippen LogP contribution in [0.15, 0.2) is 67.3 Å². The van der Waals surface area contributed by atoms with E-state index >= 15 is 0 Å². The minimum Gasteiger partial charge on any atom is -0.313 e. The van der Waals surface area contributed by atoms with Gasteiger partial charge in [-0.25, -0.2) is 0 Å². The lowest BCUT2D eigenvalue weighted by molar-refractivity contribution is 0.744. The second kappa shape index (κ2) is 8.13. The van der Waals surface area contributed by atoms with Crippen molar-refractivity contribution < 1.29 is 0 Å². The summed E-state index contributed by atoms with van der Waals surface area (Å²) in [6.07, 6.45) is 7.28. The highest BCUT2D eigenvalue weighted by Gasteiger charge is 1.98. The highest BCUT2D eigenvalue weighted by atomic mass is 14.8. The van der Waals surface area contributed by atoms with Crippen LogP contribution in [-0.2, 0) is 6.42 Å². The van der Waals surface area contributed by atoms with Crippen LogP contribution in [0.1, 0.15) is 16.7 Å². The fourth-order valence-electron chi connectivity index (χ4n) is 2.10. The van der Waals surface area contributed by atoms with Gasteiger partial charge in [0.15, 0.2) is 0 Å². The number of hydrogen-bond acceptors (Lipinski definition) is 1. The van der Waals surface area contributed by atoms with Gasteiger partial charge in [0.1, 0.15) is 0 Å². The largest absolute Gasteiger partial charge is 0.313 e. The third kappa shape index (κ3) is 4.52. The highest BCUT2D eigenvalue weighted by Crippen LogP contribution is 2.13. The van der Waals surface area contributed by atoms with Gasteiger partial charge in [-0.05, 0) is 29.7 Å². The summed E-state index contributed by atoms with van der Waals surface area (Å²) in [4.78, 5) is 0. The molecule has 2 rings (SSSR count). The monoisotopic (exact) mass is 263 g/mol. The van der Waals surface area contributed by atoms with Crippen molar-refractivity contribution in [2.24, 2.45) is 0 Å². The first-order chi connectivity index (χ1) is 9.90. The van der Waals surface area contributed by atoms with E-state index in [1.54, 1.807) is 0 Å². The van der Waals surface area contributed by atoms with E-state index in [9.17, 15) is 0 Å². The zero-order valence-corrected chi connectivity index (χ0v) is 11.8. The van der Waals surface area contributed by atoms with Crippen molar-refractivity contribution in [2.45, 2.75) is 6.42 Å². The summed E-state index contributed by atoms with van der Waals surface area (Å²) in [5.74, 6) is 0. The summed E-state index contributed by atoms with van der Waals surface area (Å²) in [6, 6.07) is 18.9. The molecule has 2 aromatic rings. The average molecular weight is 263 g/mol. The molecule has 0 aliphatic rings. The zero-order valence-electron chi connectivity index (χ0n) is 11.8. The molecule has 0 aliphatic carbocycles. The van der Waals surface area contributed by atoms with Crippen molar-refractivity contribution in [3.8, 4) is 0 Å². The van der Waals surface area contributed by atoms with E-state index in [1.807, 2.05) is 12.1 Å². The Balaban J connectivity index is 2.04. The van der Waals surface area contributed by atoms with E-state index in [-0.39, 0.29) is 0 Å². The minimum absolute atomic E-state index is 0.863. The first kappa shape index (κ1) is 14.3. The van der Waals surface area contributed by atoms with Gasteiger partial charge in [-0.15, -0.1) is 6.58 Å². The van der Waals surface area contributed by atoms with Gasteiger partial charge in [0.05, 0.1) is 0 Å². The molecule has 0 unspecified atom stereocenters. The highest BCUT2D eigenvalue weighted by molar-refractivity contribution is 5.71. The summed E-state index contributed by atoms with van der Waals surface area (Å²) < 4.78 is 0. The van der Waals surface area contributed by atoms with Crippen LogP contribution >= 0.6 is 0 Å². The van der Waals surface area contributed by atoms with Gasteiger partial charge < -0.3 is 5.32 Å². The molecule has 1 heteroatoms. The van der Waals surface area contributed by atoms with Crippen LogP contribution in [0.25, 0.3) is 12.2 Å². The average Bonchev–Trinajstić information content (AvgIpc) is 2.51. The van der Waals surface area contributed by atoms with Gasteiger partial charge in [0.25, 0.3) is 0 Å². The number of nitrogens with one attached hydrogen (secondary N) is 1. The maximum atomic E-state index is 3.71. The Morgan fingerprint density at radius 1 is 0.900 bits per heavy atom. The first-order valence-electron chi connectivity index (χ1n) is 7.03. The zero-order chi connectivity index (χ0) is 14.0. The predicted octanol–water partition coefficient (Wildman–Crippen LogP) is 4.18. The van der Waals surface area contributed by atoms with Crippen molar-refractivity contribution in [2.75, 3.05) is 13.1 Å². The smallest absolute Gasteiger partial charge is 0.0132 e. The maximum Gasteiger partial charge on any atom is 0.0132 e. The van der Waals surface area contributed by atoms with Crippen LogP contribution < -0.4 is 5.32 Å². The molecule has 0 spiro atoms. The number of rotatable bonds is 7. The number of benzene rings is 2. The van der Waals surface area contributed by atoms with Gasteiger partial charge in [0.2, 0.25) is 0 Å². The van der Waals surface area contributed by atoms with Gasteiger partial charge >= 0.3 is 0 Å². The van der Waals surface area contributed by atoms with Crippen molar-refractivity contribution in [3.05, 3.63) is 83.9 Å². The molecule has 0 radical (unpaired) electrons. The van der Waals surface area contributed by atoms with Gasteiger partial charge in [-0.3, -0.25) is 0 Å². The lowest BCUT2D eigenvalue weighted by Crippen LogP contribution is -2.17. The molecule has 0 bridgehead atoms. The number of hydrogen-bond donors (Lipinski definition) is 1. The molecule has 0 heterocycles. The summed E-state index contributed by atoms with van der Waals surface area (Å²) >= 11 is 0. The SMILES string of the molecule is C=CCNCCc1ccccc1/C=C/c1ccccc1. The second-order valence-corrected chi connectivity index (χ2v) is 4.69. The maximum absolute atomic E-state index is 3.71. The molecule has 1 N–H and O–H groups in total. The van der Waals surface area contributed by atoms with Crippen molar-refractivity contribution in [1.29, 1.82) is 0 Å². The molecule has 20 heavy (non-hydrogen) atoms. The van der Waals surface area contributed by atoms with E-state index in [0.717, 1.165) is 19.5 Å². The molecule has 0 saturated carbocycles. The Bertz CT molecular complexity index is 555. The Kier molecular flexibility index (Phi) is 5.81. The summed E-state index contributed by atoms with van der Waals surface area (Å²) in [6.45, 7) is 5.55. The third-order valence-electron chi connectivity index (χ3n) is 3.17. The molecule has 0 fully saturated rings. The molecule has 102 valence electrons. The molecule has 2 aromatic carbocycles. The molecular weight excluding hydrogens is 242 g/mol. The topological polar surface area (TPSA) is 12.0 Å². The van der Waals surface area contributed by atoms with Crippen LogP contribution in [0.5, 0.6) is 0 Å². The lowest BCUT2D eigenvalue weighted by Gasteiger charge is -2.06. The minimum atomic E-state index is 0.863. The summed E-state index contributed by atoms with van der Waals surface area (Å²) in [5, 5.41) is 3.34. The van der Waals surface area contributed by atoms with Crippen LogP contribution in [0.3, 0.4) is 0 Å². The molecule has 0 aliphatic heterocycles. The fourth-order valence-corrected chi connectivity index (χ4v) is 2.10. The van der Waals surface area contributed by atoms with E-state index in [2.05, 4.69) is 72.6 Å². The van der Waals surface area contributed by atoms with Crippen LogP contribution in [0.4, 0.5) is 0 Å². The Morgan fingerprint density at radius 2 is 1.65 bits per heavy atom. The van der Waals surface area contributed by atoms with E-state index in [4.69, 9.17) is 0 Å². The van der Waals surface area contributed by atoms with Crippen molar-refractivity contribution >= 4 is 12.2 Å². The first-order valence-corrected chi connectivity index (χ1v) is 7.03. The molecule has 0 saturated heterocycles.